The van der Waals surface area contributed by atoms with Gasteiger partial charge in [0.25, 0.3) is 0 Å². The van der Waals surface area contributed by atoms with Crippen molar-refractivity contribution in [3.05, 3.63) is 52.0 Å². The molecule has 0 bridgehead atoms. The highest BCUT2D eigenvalue weighted by molar-refractivity contribution is 7.80. The minimum absolute atomic E-state index is 0.190. The van der Waals surface area contributed by atoms with Crippen LogP contribution in [0, 0.1) is 5.92 Å². The second kappa shape index (κ2) is 14.1. The number of thiocarbonyl (C=S) groups is 1. The van der Waals surface area contributed by atoms with E-state index in [-0.39, 0.29) is 17.4 Å². The zero-order valence-electron chi connectivity index (χ0n) is 19.1. The van der Waals surface area contributed by atoms with Gasteiger partial charge in [-0.2, -0.15) is 0 Å². The van der Waals surface area contributed by atoms with Crippen LogP contribution >= 0.6 is 35.4 Å². The SMILES string of the molecule is COc1cc(CNC(=S)NC(=O)CCCOc2ccc(Cl)cc2Cl)ccc1OCCC(C)C. The molecule has 2 rings (SSSR count). The van der Waals surface area contributed by atoms with Gasteiger partial charge in [-0.1, -0.05) is 43.1 Å². The summed E-state index contributed by atoms with van der Waals surface area (Å²) in [5.74, 6) is 2.29. The van der Waals surface area contributed by atoms with Gasteiger partial charge in [-0.25, -0.2) is 0 Å². The number of carbonyl (C=O) groups is 1. The normalized spacial score (nSPS) is 10.6. The Morgan fingerprint density at radius 2 is 1.76 bits per heavy atom. The van der Waals surface area contributed by atoms with E-state index in [1.54, 1.807) is 25.3 Å². The predicted molar refractivity (Wildman–Crippen MR) is 137 cm³/mol. The van der Waals surface area contributed by atoms with E-state index in [0.29, 0.717) is 59.4 Å². The summed E-state index contributed by atoms with van der Waals surface area (Å²) in [7, 11) is 1.61. The Morgan fingerprint density at radius 3 is 2.45 bits per heavy atom. The average molecular weight is 513 g/mol. The standard InChI is InChI=1S/C24H30Cl2N2O4S/c1-16(2)10-12-32-21-8-6-17(13-22(21)30-3)15-27-24(33)28-23(29)5-4-11-31-20-9-7-18(25)14-19(20)26/h6-9,13-14,16H,4-5,10-12,15H2,1-3H3,(H2,27,28,29,33). The van der Waals surface area contributed by atoms with Crippen LogP contribution in [-0.4, -0.2) is 31.3 Å². The Labute approximate surface area is 210 Å². The summed E-state index contributed by atoms with van der Waals surface area (Å²) in [6.45, 7) is 5.74. The van der Waals surface area contributed by atoms with Crippen LogP contribution in [-0.2, 0) is 11.3 Å². The first-order valence-electron chi connectivity index (χ1n) is 10.7. The number of rotatable bonds is 12. The molecule has 0 atom stereocenters. The molecule has 0 saturated heterocycles. The molecule has 180 valence electrons. The maximum absolute atomic E-state index is 12.1. The first-order chi connectivity index (χ1) is 15.8. The molecule has 33 heavy (non-hydrogen) atoms. The fourth-order valence-corrected chi connectivity index (χ4v) is 3.42. The Kier molecular flexibility index (Phi) is 11.6. The molecule has 0 heterocycles. The predicted octanol–water partition coefficient (Wildman–Crippen LogP) is 5.78. The number of benzene rings is 2. The van der Waals surface area contributed by atoms with Crippen molar-refractivity contribution in [3.8, 4) is 17.2 Å². The van der Waals surface area contributed by atoms with Crippen LogP contribution in [0.25, 0.3) is 0 Å². The number of ether oxygens (including phenoxy) is 3. The van der Waals surface area contributed by atoms with Crippen LogP contribution in [0.1, 0.15) is 38.7 Å². The van der Waals surface area contributed by atoms with Crippen molar-refractivity contribution in [3.63, 3.8) is 0 Å². The summed E-state index contributed by atoms with van der Waals surface area (Å²) in [4.78, 5) is 12.1. The van der Waals surface area contributed by atoms with Gasteiger partial charge >= 0.3 is 0 Å². The summed E-state index contributed by atoms with van der Waals surface area (Å²) in [6.07, 6.45) is 1.76. The van der Waals surface area contributed by atoms with E-state index in [4.69, 9.17) is 49.6 Å². The highest BCUT2D eigenvalue weighted by atomic mass is 35.5. The van der Waals surface area contributed by atoms with Crippen LogP contribution < -0.4 is 24.8 Å². The highest BCUT2D eigenvalue weighted by Crippen LogP contribution is 2.29. The molecule has 2 N–H and O–H groups in total. The number of hydrogen-bond acceptors (Lipinski definition) is 5. The molecule has 2 aromatic carbocycles. The maximum atomic E-state index is 12.1. The molecule has 6 nitrogen and oxygen atoms in total. The molecule has 0 spiro atoms. The Hall–Kier alpha value is -2.22. The molecule has 0 unspecified atom stereocenters. The minimum Gasteiger partial charge on any atom is -0.493 e. The van der Waals surface area contributed by atoms with Crippen molar-refractivity contribution in [2.24, 2.45) is 5.92 Å². The fraction of sp³-hybridized carbons (Fsp3) is 0.417. The van der Waals surface area contributed by atoms with E-state index in [1.165, 1.54) is 0 Å². The van der Waals surface area contributed by atoms with Gasteiger partial charge < -0.3 is 24.8 Å². The van der Waals surface area contributed by atoms with Gasteiger partial charge in [0.2, 0.25) is 5.91 Å². The molecule has 0 aliphatic heterocycles. The third-order valence-electron chi connectivity index (χ3n) is 4.59. The monoisotopic (exact) mass is 512 g/mol. The number of methoxy groups -OCH3 is 1. The van der Waals surface area contributed by atoms with Crippen LogP contribution in [0.5, 0.6) is 17.2 Å². The minimum atomic E-state index is -0.190. The first-order valence-corrected chi connectivity index (χ1v) is 11.9. The van der Waals surface area contributed by atoms with E-state index < -0.39 is 0 Å². The Bertz CT molecular complexity index is 941. The Morgan fingerprint density at radius 1 is 1.03 bits per heavy atom. The lowest BCUT2D eigenvalue weighted by molar-refractivity contribution is -0.119. The summed E-state index contributed by atoms with van der Waals surface area (Å²) < 4.78 is 16.8. The van der Waals surface area contributed by atoms with Gasteiger partial charge in [0.1, 0.15) is 5.75 Å². The number of hydrogen-bond donors (Lipinski definition) is 2. The summed E-state index contributed by atoms with van der Waals surface area (Å²) in [6, 6.07) is 10.7. The number of carbonyl (C=O) groups excluding carboxylic acids is 1. The van der Waals surface area contributed by atoms with E-state index in [2.05, 4.69) is 24.5 Å². The van der Waals surface area contributed by atoms with Crippen LogP contribution in [0.4, 0.5) is 0 Å². The van der Waals surface area contributed by atoms with Gasteiger partial charge in [0.05, 0.1) is 25.3 Å². The second-order valence-corrected chi connectivity index (χ2v) is 9.03. The van der Waals surface area contributed by atoms with Crippen molar-refractivity contribution in [1.29, 1.82) is 0 Å². The summed E-state index contributed by atoms with van der Waals surface area (Å²) in [5, 5.41) is 6.94. The largest absolute Gasteiger partial charge is 0.493 e. The first kappa shape index (κ1) is 27.0. The van der Waals surface area contributed by atoms with Gasteiger partial charge in [0, 0.05) is 18.0 Å². The smallest absolute Gasteiger partial charge is 0.226 e. The number of halogens is 2. The third-order valence-corrected chi connectivity index (χ3v) is 5.36. The maximum Gasteiger partial charge on any atom is 0.226 e. The molecule has 0 aliphatic rings. The Balaban J connectivity index is 1.70. The molecule has 0 saturated carbocycles. The van der Waals surface area contributed by atoms with Gasteiger partial charge in [-0.05, 0) is 66.9 Å². The topological polar surface area (TPSA) is 68.8 Å². The number of amides is 1. The van der Waals surface area contributed by atoms with Crippen molar-refractivity contribution in [1.82, 2.24) is 10.6 Å². The summed E-state index contributed by atoms with van der Waals surface area (Å²) in [5.41, 5.74) is 0.952. The lowest BCUT2D eigenvalue weighted by atomic mass is 10.1. The molecule has 2 aromatic rings. The molecule has 9 heteroatoms. The van der Waals surface area contributed by atoms with Crippen LogP contribution in [0.3, 0.4) is 0 Å². The number of nitrogens with one attached hydrogen (secondary N) is 2. The van der Waals surface area contributed by atoms with E-state index in [9.17, 15) is 4.79 Å². The van der Waals surface area contributed by atoms with Crippen LogP contribution in [0.15, 0.2) is 36.4 Å². The zero-order valence-corrected chi connectivity index (χ0v) is 21.4. The molecular formula is C24H30Cl2N2O4S. The highest BCUT2D eigenvalue weighted by Gasteiger charge is 2.09. The van der Waals surface area contributed by atoms with Gasteiger partial charge in [-0.3, -0.25) is 4.79 Å². The van der Waals surface area contributed by atoms with Crippen molar-refractivity contribution in [2.45, 2.75) is 39.7 Å². The van der Waals surface area contributed by atoms with E-state index in [0.717, 1.165) is 12.0 Å². The summed E-state index contributed by atoms with van der Waals surface area (Å²) >= 11 is 17.1. The third kappa shape index (κ3) is 10.1. The molecular weight excluding hydrogens is 483 g/mol. The molecule has 1 amide bonds. The van der Waals surface area contributed by atoms with E-state index >= 15 is 0 Å². The molecule has 0 aliphatic carbocycles. The van der Waals surface area contributed by atoms with Gasteiger partial charge in [0.15, 0.2) is 16.6 Å². The lowest BCUT2D eigenvalue weighted by Gasteiger charge is -2.14. The lowest BCUT2D eigenvalue weighted by Crippen LogP contribution is -2.38. The van der Waals surface area contributed by atoms with Crippen molar-refractivity contribution < 1.29 is 19.0 Å². The second-order valence-electron chi connectivity index (χ2n) is 7.77. The van der Waals surface area contributed by atoms with E-state index in [1.807, 2.05) is 18.2 Å². The molecule has 0 fully saturated rings. The zero-order chi connectivity index (χ0) is 24.2. The quantitative estimate of drug-likeness (QED) is 0.277. The molecule has 0 radical (unpaired) electrons. The van der Waals surface area contributed by atoms with Crippen LogP contribution in [0.2, 0.25) is 10.0 Å². The van der Waals surface area contributed by atoms with Crippen molar-refractivity contribution >= 4 is 46.4 Å². The fourth-order valence-electron chi connectivity index (χ4n) is 2.77. The molecule has 0 aromatic heterocycles. The van der Waals surface area contributed by atoms with Gasteiger partial charge in [-0.15, -0.1) is 0 Å². The average Bonchev–Trinajstić information content (AvgIpc) is 2.76. The van der Waals surface area contributed by atoms with Crippen molar-refractivity contribution in [2.75, 3.05) is 20.3 Å².